The smallest absolute Gasteiger partial charge is 0.274 e. The molecule has 2 aromatic rings. The molecule has 4 nitrogen and oxygen atoms in total. The van der Waals surface area contributed by atoms with Gasteiger partial charge in [0.1, 0.15) is 0 Å². The van der Waals surface area contributed by atoms with Gasteiger partial charge in [-0.25, -0.2) is 9.66 Å². The fourth-order valence-corrected chi connectivity index (χ4v) is 5.27. The van der Waals surface area contributed by atoms with E-state index < -0.39 is 0 Å². The fourth-order valence-electron chi connectivity index (χ4n) is 5.27. The lowest BCUT2D eigenvalue weighted by Gasteiger charge is -2.36. The number of nitrogens with zero attached hydrogens (tertiary/aromatic N) is 3. The van der Waals surface area contributed by atoms with E-state index in [2.05, 4.69) is 23.0 Å². The van der Waals surface area contributed by atoms with Crippen molar-refractivity contribution >= 4 is 11.0 Å². The molecule has 2 heterocycles. The molecule has 2 saturated carbocycles. The summed E-state index contributed by atoms with van der Waals surface area (Å²) >= 11 is 0. The summed E-state index contributed by atoms with van der Waals surface area (Å²) in [4.78, 5) is 18.1. The Labute approximate surface area is 168 Å². The second-order valence-corrected chi connectivity index (χ2v) is 8.94. The summed E-state index contributed by atoms with van der Waals surface area (Å²) in [5.41, 5.74) is 1.87. The molecular weight excluding hydrogens is 346 g/mol. The SMILES string of the molecule is CCc1cc2cccnc2n(N(CC2CCCCC2)CC2CCCCC2)c1=O. The van der Waals surface area contributed by atoms with Crippen LogP contribution in [0.5, 0.6) is 0 Å². The van der Waals surface area contributed by atoms with E-state index in [9.17, 15) is 4.79 Å². The standard InChI is InChI=1S/C24H35N3O/c1-2-21-16-22-14-9-15-25-23(22)27(24(21)28)26(17-19-10-5-3-6-11-19)18-20-12-7-4-8-13-20/h9,14-16,19-20H,2-8,10-13,17-18H2,1H3. The number of rotatable bonds is 6. The highest BCUT2D eigenvalue weighted by Crippen LogP contribution is 2.28. The van der Waals surface area contributed by atoms with Crippen molar-refractivity contribution in [1.82, 2.24) is 9.66 Å². The van der Waals surface area contributed by atoms with E-state index in [1.54, 1.807) is 0 Å². The first-order valence-electron chi connectivity index (χ1n) is 11.5. The van der Waals surface area contributed by atoms with E-state index >= 15 is 0 Å². The third-order valence-corrected chi connectivity index (χ3v) is 6.87. The molecule has 152 valence electrons. The van der Waals surface area contributed by atoms with Gasteiger partial charge in [0.25, 0.3) is 5.56 Å². The molecule has 0 N–H and O–H groups in total. The minimum atomic E-state index is 0.139. The van der Waals surface area contributed by atoms with E-state index in [1.165, 1.54) is 64.2 Å². The van der Waals surface area contributed by atoms with E-state index in [0.29, 0.717) is 11.8 Å². The van der Waals surface area contributed by atoms with Crippen molar-refractivity contribution in [2.75, 3.05) is 18.1 Å². The first kappa shape index (κ1) is 19.5. The molecule has 2 aliphatic rings. The topological polar surface area (TPSA) is 38.1 Å². The quantitative estimate of drug-likeness (QED) is 0.702. The summed E-state index contributed by atoms with van der Waals surface area (Å²) in [6.07, 6.45) is 15.9. The zero-order chi connectivity index (χ0) is 19.3. The molecule has 0 atom stereocenters. The number of aromatic nitrogens is 2. The predicted octanol–water partition coefficient (Wildman–Crippen LogP) is 5.06. The first-order valence-corrected chi connectivity index (χ1v) is 11.5. The van der Waals surface area contributed by atoms with Crippen molar-refractivity contribution in [2.45, 2.75) is 77.6 Å². The molecule has 2 fully saturated rings. The van der Waals surface area contributed by atoms with Gasteiger partial charge in [0.05, 0.1) is 0 Å². The highest BCUT2D eigenvalue weighted by molar-refractivity contribution is 5.75. The number of pyridine rings is 2. The third kappa shape index (κ3) is 4.26. The number of hydrogen-bond acceptors (Lipinski definition) is 3. The van der Waals surface area contributed by atoms with Crippen molar-refractivity contribution in [3.8, 4) is 0 Å². The molecule has 0 aromatic carbocycles. The molecule has 28 heavy (non-hydrogen) atoms. The number of aryl methyl sites for hydroxylation is 1. The van der Waals surface area contributed by atoms with Gasteiger partial charge in [-0.05, 0) is 62.1 Å². The zero-order valence-electron chi connectivity index (χ0n) is 17.4. The molecule has 2 aliphatic carbocycles. The van der Waals surface area contributed by atoms with E-state index in [-0.39, 0.29) is 5.56 Å². The maximum Gasteiger partial charge on any atom is 0.274 e. The Morgan fingerprint density at radius 3 is 2.18 bits per heavy atom. The van der Waals surface area contributed by atoms with E-state index in [1.807, 2.05) is 23.0 Å². The van der Waals surface area contributed by atoms with Crippen molar-refractivity contribution in [1.29, 1.82) is 0 Å². The van der Waals surface area contributed by atoms with Crippen LogP contribution in [0, 0.1) is 11.8 Å². The Bertz CT molecular complexity index is 811. The van der Waals surface area contributed by atoms with Crippen LogP contribution in [0.15, 0.2) is 29.2 Å². The molecule has 0 unspecified atom stereocenters. The van der Waals surface area contributed by atoms with Gasteiger partial charge in [0.2, 0.25) is 0 Å². The van der Waals surface area contributed by atoms with Crippen LogP contribution >= 0.6 is 0 Å². The average molecular weight is 382 g/mol. The van der Waals surface area contributed by atoms with Crippen molar-refractivity contribution in [3.63, 3.8) is 0 Å². The molecule has 0 amide bonds. The molecule has 0 aliphatic heterocycles. The van der Waals surface area contributed by atoms with Crippen LogP contribution in [-0.4, -0.2) is 22.7 Å². The molecule has 0 radical (unpaired) electrons. The zero-order valence-corrected chi connectivity index (χ0v) is 17.4. The maximum absolute atomic E-state index is 13.4. The minimum Gasteiger partial charge on any atom is -0.308 e. The van der Waals surface area contributed by atoms with Gasteiger partial charge in [0, 0.05) is 30.2 Å². The predicted molar refractivity (Wildman–Crippen MR) is 116 cm³/mol. The molecule has 2 aromatic heterocycles. The summed E-state index contributed by atoms with van der Waals surface area (Å²) in [6, 6.07) is 6.11. The Kier molecular flexibility index (Phi) is 6.33. The first-order chi connectivity index (χ1) is 13.8. The summed E-state index contributed by atoms with van der Waals surface area (Å²) in [5, 5.41) is 3.47. The molecular formula is C24H35N3O. The minimum absolute atomic E-state index is 0.139. The Morgan fingerprint density at radius 2 is 1.61 bits per heavy atom. The monoisotopic (exact) mass is 381 g/mol. The van der Waals surface area contributed by atoms with Crippen LogP contribution in [0.4, 0.5) is 0 Å². The van der Waals surface area contributed by atoms with Crippen LogP contribution < -0.4 is 10.6 Å². The van der Waals surface area contributed by atoms with Crippen LogP contribution in [0.1, 0.15) is 76.7 Å². The number of hydrogen-bond donors (Lipinski definition) is 0. The third-order valence-electron chi connectivity index (χ3n) is 6.87. The summed E-state index contributed by atoms with van der Waals surface area (Å²) in [6.45, 7) is 4.07. The molecule has 0 saturated heterocycles. The highest BCUT2D eigenvalue weighted by atomic mass is 16.1. The van der Waals surface area contributed by atoms with Gasteiger partial charge in [-0.2, -0.15) is 0 Å². The summed E-state index contributed by atoms with van der Waals surface area (Å²) in [5.74, 6) is 1.40. The largest absolute Gasteiger partial charge is 0.308 e. The lowest BCUT2D eigenvalue weighted by atomic mass is 9.87. The van der Waals surface area contributed by atoms with Crippen molar-refractivity contribution in [2.24, 2.45) is 11.8 Å². The van der Waals surface area contributed by atoms with Gasteiger partial charge in [-0.3, -0.25) is 4.79 Å². The van der Waals surface area contributed by atoms with Gasteiger partial charge < -0.3 is 5.01 Å². The van der Waals surface area contributed by atoms with Crippen LogP contribution in [0.2, 0.25) is 0 Å². The Morgan fingerprint density at radius 1 is 1.00 bits per heavy atom. The van der Waals surface area contributed by atoms with Gasteiger partial charge >= 0.3 is 0 Å². The Balaban J connectivity index is 1.73. The Hall–Kier alpha value is -1.84. The normalized spacial score (nSPS) is 19.2. The lowest BCUT2D eigenvalue weighted by molar-refractivity contribution is 0.300. The summed E-state index contributed by atoms with van der Waals surface area (Å²) in [7, 11) is 0. The molecule has 0 bridgehead atoms. The van der Waals surface area contributed by atoms with Gasteiger partial charge in [0.15, 0.2) is 5.65 Å². The van der Waals surface area contributed by atoms with Crippen molar-refractivity contribution in [3.05, 3.63) is 40.3 Å². The molecule has 4 rings (SSSR count). The van der Waals surface area contributed by atoms with E-state index in [4.69, 9.17) is 0 Å². The fraction of sp³-hybridized carbons (Fsp3) is 0.667. The van der Waals surface area contributed by atoms with Crippen molar-refractivity contribution < 1.29 is 0 Å². The lowest BCUT2D eigenvalue weighted by Crippen LogP contribution is -2.49. The van der Waals surface area contributed by atoms with Crippen LogP contribution in [0.25, 0.3) is 11.0 Å². The number of fused-ring (bicyclic) bond motifs is 1. The molecule has 0 spiro atoms. The second kappa shape index (κ2) is 9.11. The maximum atomic E-state index is 13.4. The molecule has 4 heteroatoms. The van der Waals surface area contributed by atoms with Crippen LogP contribution in [-0.2, 0) is 6.42 Å². The van der Waals surface area contributed by atoms with E-state index in [0.717, 1.165) is 36.1 Å². The second-order valence-electron chi connectivity index (χ2n) is 8.94. The van der Waals surface area contributed by atoms with Gasteiger partial charge in [-0.15, -0.1) is 0 Å². The average Bonchev–Trinajstić information content (AvgIpc) is 2.74. The summed E-state index contributed by atoms with van der Waals surface area (Å²) < 4.78 is 1.96. The van der Waals surface area contributed by atoms with Gasteiger partial charge in [-0.1, -0.05) is 45.4 Å². The highest BCUT2D eigenvalue weighted by Gasteiger charge is 2.24. The van der Waals surface area contributed by atoms with Crippen LogP contribution in [0.3, 0.4) is 0 Å².